The van der Waals surface area contributed by atoms with Crippen molar-refractivity contribution in [2.24, 2.45) is 0 Å². The van der Waals surface area contributed by atoms with E-state index in [0.29, 0.717) is 6.54 Å². The number of hydrogen-bond acceptors (Lipinski definition) is 2. The maximum Gasteiger partial charge on any atom is 0.416 e. The summed E-state index contributed by atoms with van der Waals surface area (Å²) in [5.74, 6) is -1.12. The third-order valence-electron chi connectivity index (χ3n) is 4.12. The van der Waals surface area contributed by atoms with Gasteiger partial charge in [-0.3, -0.25) is 4.79 Å². The molecule has 1 unspecified atom stereocenters. The summed E-state index contributed by atoms with van der Waals surface area (Å²) in [4.78, 5) is 12.5. The molecule has 3 rings (SSSR count). The van der Waals surface area contributed by atoms with Crippen LogP contribution in [0.15, 0.2) is 42.5 Å². The number of benzene rings is 2. The van der Waals surface area contributed by atoms with Crippen LogP contribution in [0.5, 0.6) is 0 Å². The van der Waals surface area contributed by atoms with E-state index in [2.05, 4.69) is 10.6 Å². The van der Waals surface area contributed by atoms with Crippen LogP contribution < -0.4 is 10.6 Å². The van der Waals surface area contributed by atoms with Crippen LogP contribution in [0.3, 0.4) is 0 Å². The predicted octanol–water partition coefficient (Wildman–Crippen LogP) is 4.03. The van der Waals surface area contributed by atoms with Crippen molar-refractivity contribution in [3.8, 4) is 11.1 Å². The van der Waals surface area contributed by atoms with E-state index in [-0.39, 0.29) is 35.1 Å². The number of hydrogen-bond donors (Lipinski definition) is 2. The molecular formula is C18H17ClF4N2O. The van der Waals surface area contributed by atoms with E-state index in [9.17, 15) is 22.4 Å². The van der Waals surface area contributed by atoms with Gasteiger partial charge in [-0.25, -0.2) is 4.39 Å². The first-order valence-corrected chi connectivity index (χ1v) is 7.83. The monoisotopic (exact) mass is 388 g/mol. The summed E-state index contributed by atoms with van der Waals surface area (Å²) < 4.78 is 52.4. The van der Waals surface area contributed by atoms with Crippen LogP contribution in [0.4, 0.5) is 17.6 Å². The van der Waals surface area contributed by atoms with E-state index in [1.54, 1.807) is 0 Å². The summed E-state index contributed by atoms with van der Waals surface area (Å²) in [5.41, 5.74) is -0.327. The number of rotatable bonds is 3. The van der Waals surface area contributed by atoms with Gasteiger partial charge >= 0.3 is 6.18 Å². The highest BCUT2D eigenvalue weighted by molar-refractivity contribution is 6.01. The zero-order chi connectivity index (χ0) is 18.0. The van der Waals surface area contributed by atoms with Gasteiger partial charge in [-0.1, -0.05) is 18.2 Å². The van der Waals surface area contributed by atoms with Crippen LogP contribution in [-0.4, -0.2) is 25.0 Å². The van der Waals surface area contributed by atoms with Gasteiger partial charge in [-0.2, -0.15) is 13.2 Å². The third kappa shape index (κ3) is 4.53. The molecule has 2 aromatic rings. The second-order valence-corrected chi connectivity index (χ2v) is 5.93. The van der Waals surface area contributed by atoms with Gasteiger partial charge in [0.1, 0.15) is 5.82 Å². The van der Waals surface area contributed by atoms with Crippen molar-refractivity contribution in [1.82, 2.24) is 10.6 Å². The van der Waals surface area contributed by atoms with Crippen LogP contribution in [0.1, 0.15) is 22.3 Å². The van der Waals surface area contributed by atoms with Gasteiger partial charge < -0.3 is 10.6 Å². The van der Waals surface area contributed by atoms with Crippen LogP contribution in [0.25, 0.3) is 11.1 Å². The minimum absolute atomic E-state index is 0. The lowest BCUT2D eigenvalue weighted by Gasteiger charge is -2.15. The van der Waals surface area contributed by atoms with Gasteiger partial charge in [0.05, 0.1) is 11.1 Å². The molecule has 1 amide bonds. The Kier molecular flexibility index (Phi) is 6.26. The third-order valence-corrected chi connectivity index (χ3v) is 4.12. The summed E-state index contributed by atoms with van der Waals surface area (Å²) >= 11 is 0. The second kappa shape index (κ2) is 8.05. The molecule has 1 atom stereocenters. The SMILES string of the molecule is Cl.O=C(NC1CCNC1)c1cc(F)ccc1-c1cccc(C(F)(F)F)c1. The molecule has 2 aromatic carbocycles. The fourth-order valence-electron chi connectivity index (χ4n) is 2.86. The molecule has 8 heteroatoms. The van der Waals surface area contributed by atoms with E-state index in [1.807, 2.05) is 0 Å². The van der Waals surface area contributed by atoms with Crippen LogP contribution >= 0.6 is 12.4 Å². The van der Waals surface area contributed by atoms with Crippen LogP contribution in [-0.2, 0) is 6.18 Å². The number of carbonyl (C=O) groups excluding carboxylic acids is 1. The first-order valence-electron chi connectivity index (χ1n) is 7.83. The van der Waals surface area contributed by atoms with Crippen molar-refractivity contribution in [3.63, 3.8) is 0 Å². The van der Waals surface area contributed by atoms with Crippen LogP contribution in [0, 0.1) is 5.82 Å². The van der Waals surface area contributed by atoms with Gasteiger partial charge in [0.25, 0.3) is 5.91 Å². The molecule has 2 N–H and O–H groups in total. The van der Waals surface area contributed by atoms with Gasteiger partial charge in [0, 0.05) is 12.6 Å². The molecule has 0 spiro atoms. The highest BCUT2D eigenvalue weighted by atomic mass is 35.5. The van der Waals surface area contributed by atoms with Crippen molar-refractivity contribution in [2.45, 2.75) is 18.6 Å². The summed E-state index contributed by atoms with van der Waals surface area (Å²) in [5, 5.41) is 5.88. The molecule has 1 saturated heterocycles. The largest absolute Gasteiger partial charge is 0.416 e. The first-order chi connectivity index (χ1) is 11.8. The summed E-state index contributed by atoms with van der Waals surface area (Å²) in [6, 6.07) is 8.08. The summed E-state index contributed by atoms with van der Waals surface area (Å²) in [7, 11) is 0. The molecule has 0 bridgehead atoms. The summed E-state index contributed by atoms with van der Waals surface area (Å²) in [6.45, 7) is 1.38. The Morgan fingerprint density at radius 2 is 1.92 bits per heavy atom. The van der Waals surface area contributed by atoms with Gasteiger partial charge in [0.2, 0.25) is 0 Å². The number of alkyl halides is 3. The maximum atomic E-state index is 13.6. The normalized spacial score (nSPS) is 16.8. The zero-order valence-corrected chi connectivity index (χ0v) is 14.4. The van der Waals surface area contributed by atoms with Crippen molar-refractivity contribution in [1.29, 1.82) is 0 Å². The molecule has 3 nitrogen and oxygen atoms in total. The lowest BCUT2D eigenvalue weighted by atomic mass is 9.97. The van der Waals surface area contributed by atoms with E-state index in [4.69, 9.17) is 0 Å². The molecule has 1 heterocycles. The second-order valence-electron chi connectivity index (χ2n) is 5.93. The number of carbonyl (C=O) groups is 1. The fraction of sp³-hybridized carbons (Fsp3) is 0.278. The lowest BCUT2D eigenvalue weighted by molar-refractivity contribution is -0.137. The van der Waals surface area contributed by atoms with Crippen molar-refractivity contribution in [3.05, 3.63) is 59.4 Å². The molecule has 1 fully saturated rings. The average Bonchev–Trinajstić information content (AvgIpc) is 3.07. The smallest absolute Gasteiger partial charge is 0.348 e. The Balaban J connectivity index is 0.00000243. The number of nitrogens with one attached hydrogen (secondary N) is 2. The topological polar surface area (TPSA) is 41.1 Å². The highest BCUT2D eigenvalue weighted by Crippen LogP contribution is 2.33. The molecule has 0 radical (unpaired) electrons. The molecule has 0 aliphatic carbocycles. The number of halogens is 5. The number of amides is 1. The first kappa shape index (κ1) is 20.2. The minimum Gasteiger partial charge on any atom is -0.348 e. The van der Waals surface area contributed by atoms with E-state index in [0.717, 1.165) is 37.2 Å². The van der Waals surface area contributed by atoms with Gasteiger partial charge in [-0.15, -0.1) is 12.4 Å². The Hall–Kier alpha value is -2.12. The lowest BCUT2D eigenvalue weighted by Crippen LogP contribution is -2.36. The van der Waals surface area contributed by atoms with E-state index < -0.39 is 23.5 Å². The quantitative estimate of drug-likeness (QED) is 0.780. The van der Waals surface area contributed by atoms with E-state index in [1.165, 1.54) is 18.2 Å². The summed E-state index contributed by atoms with van der Waals surface area (Å²) in [6.07, 6.45) is -3.74. The fourth-order valence-corrected chi connectivity index (χ4v) is 2.86. The highest BCUT2D eigenvalue weighted by Gasteiger charge is 2.31. The molecule has 1 aliphatic rings. The molecule has 0 aromatic heterocycles. The molecular weight excluding hydrogens is 372 g/mol. The molecule has 26 heavy (non-hydrogen) atoms. The Morgan fingerprint density at radius 1 is 1.15 bits per heavy atom. The zero-order valence-electron chi connectivity index (χ0n) is 13.6. The molecule has 0 saturated carbocycles. The van der Waals surface area contributed by atoms with Crippen LogP contribution in [0.2, 0.25) is 0 Å². The predicted molar refractivity (Wildman–Crippen MR) is 92.8 cm³/mol. The molecule has 140 valence electrons. The van der Waals surface area contributed by atoms with Gasteiger partial charge in [0.15, 0.2) is 0 Å². The van der Waals surface area contributed by atoms with Crippen molar-refractivity contribution >= 4 is 18.3 Å². The van der Waals surface area contributed by atoms with E-state index >= 15 is 0 Å². The minimum atomic E-state index is -4.49. The molecule has 1 aliphatic heterocycles. The average molecular weight is 389 g/mol. The Labute approximate surface area is 154 Å². The Morgan fingerprint density at radius 3 is 2.58 bits per heavy atom. The van der Waals surface area contributed by atoms with Crippen molar-refractivity contribution < 1.29 is 22.4 Å². The maximum absolute atomic E-state index is 13.6. The van der Waals surface area contributed by atoms with Crippen molar-refractivity contribution in [2.75, 3.05) is 13.1 Å². The Bertz CT molecular complexity index is 789. The standard InChI is InChI=1S/C18H16F4N2O.ClH/c19-13-4-5-15(11-2-1-3-12(8-11)18(20,21)22)16(9-13)17(25)24-14-6-7-23-10-14;/h1-5,8-9,14,23H,6-7,10H2,(H,24,25);1H. The van der Waals surface area contributed by atoms with Gasteiger partial charge in [-0.05, 0) is 48.4 Å².